The Morgan fingerprint density at radius 3 is 2.76 bits per heavy atom. The highest BCUT2D eigenvalue weighted by Crippen LogP contribution is 2.25. The highest BCUT2D eigenvalue weighted by Gasteiger charge is 2.28. The van der Waals surface area contributed by atoms with Gasteiger partial charge in [-0.05, 0) is 35.2 Å². The minimum absolute atomic E-state index is 0.452. The molecule has 0 radical (unpaired) electrons. The first kappa shape index (κ1) is 13.1. The zero-order chi connectivity index (χ0) is 12.4. The number of halogens is 1. The fourth-order valence-electron chi connectivity index (χ4n) is 2.18. The summed E-state index contributed by atoms with van der Waals surface area (Å²) in [6.45, 7) is 2.99. The number of ether oxygens (including phenoxy) is 1. The van der Waals surface area contributed by atoms with Crippen LogP contribution >= 0.6 is 15.9 Å². The molecule has 5 heteroatoms. The number of aryl methyl sites for hydroxylation is 2. The van der Waals surface area contributed by atoms with Gasteiger partial charge < -0.3 is 10.1 Å². The molecule has 1 aromatic heterocycles. The lowest BCUT2D eigenvalue weighted by Gasteiger charge is -2.34. The molecule has 2 rings (SSSR count). The molecular weight excluding hydrogens is 282 g/mol. The zero-order valence-corrected chi connectivity index (χ0v) is 12.2. The van der Waals surface area contributed by atoms with Gasteiger partial charge in [0.2, 0.25) is 0 Å². The third-order valence-corrected chi connectivity index (χ3v) is 4.40. The summed E-state index contributed by atoms with van der Waals surface area (Å²) in [6, 6.07) is 0.590. The summed E-state index contributed by atoms with van der Waals surface area (Å²) in [4.78, 5) is 0. The summed E-state index contributed by atoms with van der Waals surface area (Å²) in [7, 11) is 3.78. The van der Waals surface area contributed by atoms with Crippen molar-refractivity contribution in [2.45, 2.75) is 44.9 Å². The Kier molecular flexibility index (Phi) is 4.22. The number of nitrogens with one attached hydrogen (secondary N) is 1. The third kappa shape index (κ3) is 2.72. The Labute approximate surface area is 111 Å². The molecule has 0 amide bonds. The van der Waals surface area contributed by atoms with Gasteiger partial charge in [0.05, 0.1) is 22.0 Å². The standard InChI is InChI=1S/C12H20BrN3O/c1-4-10-12(13)11(16(2)15-10)7-14-8-5-9(6-8)17-3/h8-9,14H,4-7H2,1-3H3. The topological polar surface area (TPSA) is 39.1 Å². The van der Waals surface area contributed by atoms with E-state index in [2.05, 4.69) is 33.3 Å². The maximum Gasteiger partial charge on any atom is 0.0767 e. The smallest absolute Gasteiger partial charge is 0.0767 e. The molecule has 96 valence electrons. The molecule has 17 heavy (non-hydrogen) atoms. The highest BCUT2D eigenvalue weighted by molar-refractivity contribution is 9.10. The van der Waals surface area contributed by atoms with Crippen LogP contribution in [0.2, 0.25) is 0 Å². The molecule has 4 nitrogen and oxygen atoms in total. The Morgan fingerprint density at radius 1 is 1.53 bits per heavy atom. The van der Waals surface area contributed by atoms with Gasteiger partial charge in [-0.1, -0.05) is 6.92 Å². The molecule has 1 fully saturated rings. The number of aromatic nitrogens is 2. The normalized spacial score (nSPS) is 23.8. The summed E-state index contributed by atoms with van der Waals surface area (Å²) in [5, 5.41) is 8.03. The van der Waals surface area contributed by atoms with E-state index in [4.69, 9.17) is 4.74 Å². The van der Waals surface area contributed by atoms with E-state index < -0.39 is 0 Å². The number of hydrogen-bond donors (Lipinski definition) is 1. The molecule has 0 unspecified atom stereocenters. The predicted molar refractivity (Wildman–Crippen MR) is 70.9 cm³/mol. The summed E-state index contributed by atoms with van der Waals surface area (Å²) in [5.74, 6) is 0. The number of nitrogens with zero attached hydrogens (tertiary/aromatic N) is 2. The van der Waals surface area contributed by atoms with Crippen LogP contribution in [0.3, 0.4) is 0 Å². The molecular formula is C12H20BrN3O. The van der Waals surface area contributed by atoms with E-state index in [1.54, 1.807) is 7.11 Å². The van der Waals surface area contributed by atoms with E-state index in [1.165, 1.54) is 5.69 Å². The molecule has 0 bridgehead atoms. The Hall–Kier alpha value is -0.390. The van der Waals surface area contributed by atoms with Gasteiger partial charge in [0, 0.05) is 26.7 Å². The second-order valence-corrected chi connectivity index (χ2v) is 5.38. The van der Waals surface area contributed by atoms with Crippen molar-refractivity contribution in [1.82, 2.24) is 15.1 Å². The molecule has 0 aliphatic heterocycles. The van der Waals surface area contributed by atoms with Crippen LogP contribution in [-0.2, 0) is 24.8 Å². The fraction of sp³-hybridized carbons (Fsp3) is 0.750. The van der Waals surface area contributed by atoms with Gasteiger partial charge in [-0.25, -0.2) is 0 Å². The Morgan fingerprint density at radius 2 is 2.24 bits per heavy atom. The Bertz CT molecular complexity index is 385. The molecule has 1 N–H and O–H groups in total. The summed E-state index contributed by atoms with van der Waals surface area (Å²) in [6.07, 6.45) is 3.65. The van der Waals surface area contributed by atoms with Crippen LogP contribution in [0.15, 0.2) is 4.47 Å². The van der Waals surface area contributed by atoms with Crippen molar-refractivity contribution in [3.05, 3.63) is 15.9 Å². The largest absolute Gasteiger partial charge is 0.381 e. The summed E-state index contributed by atoms with van der Waals surface area (Å²) >= 11 is 3.63. The first-order chi connectivity index (χ1) is 8.15. The van der Waals surface area contributed by atoms with Crippen molar-refractivity contribution < 1.29 is 4.74 Å². The van der Waals surface area contributed by atoms with Crippen LogP contribution in [0, 0.1) is 0 Å². The average Bonchev–Trinajstić information content (AvgIpc) is 2.53. The van der Waals surface area contributed by atoms with Gasteiger partial charge >= 0.3 is 0 Å². The molecule has 0 spiro atoms. The lowest BCUT2D eigenvalue weighted by atomic mass is 9.89. The third-order valence-electron chi connectivity index (χ3n) is 3.49. The zero-order valence-electron chi connectivity index (χ0n) is 10.7. The number of hydrogen-bond acceptors (Lipinski definition) is 3. The van der Waals surface area contributed by atoms with Gasteiger partial charge in [0.25, 0.3) is 0 Å². The molecule has 1 saturated carbocycles. The SMILES string of the molecule is CCc1nn(C)c(CNC2CC(OC)C2)c1Br. The molecule has 1 aliphatic rings. The van der Waals surface area contributed by atoms with Crippen LogP contribution in [0.25, 0.3) is 0 Å². The molecule has 1 heterocycles. The predicted octanol–water partition coefficient (Wildman–Crippen LogP) is 2.01. The lowest BCUT2D eigenvalue weighted by molar-refractivity contribution is 0.0168. The highest BCUT2D eigenvalue weighted by atomic mass is 79.9. The maximum atomic E-state index is 5.27. The second kappa shape index (κ2) is 5.50. The molecule has 0 atom stereocenters. The van der Waals surface area contributed by atoms with E-state index in [0.717, 1.165) is 36.0 Å². The van der Waals surface area contributed by atoms with Crippen molar-refractivity contribution >= 4 is 15.9 Å². The summed E-state index contributed by atoms with van der Waals surface area (Å²) in [5.41, 5.74) is 2.36. The lowest BCUT2D eigenvalue weighted by Crippen LogP contribution is -2.44. The summed E-state index contributed by atoms with van der Waals surface area (Å²) < 4.78 is 8.38. The van der Waals surface area contributed by atoms with Crippen molar-refractivity contribution in [1.29, 1.82) is 0 Å². The van der Waals surface area contributed by atoms with Crippen LogP contribution < -0.4 is 5.32 Å². The minimum Gasteiger partial charge on any atom is -0.381 e. The van der Waals surface area contributed by atoms with Crippen molar-refractivity contribution in [3.63, 3.8) is 0 Å². The quantitative estimate of drug-likeness (QED) is 0.904. The van der Waals surface area contributed by atoms with Crippen molar-refractivity contribution in [2.24, 2.45) is 7.05 Å². The molecule has 1 aromatic rings. The van der Waals surface area contributed by atoms with Gasteiger partial charge in [0.1, 0.15) is 0 Å². The monoisotopic (exact) mass is 301 g/mol. The van der Waals surface area contributed by atoms with E-state index in [-0.39, 0.29) is 0 Å². The van der Waals surface area contributed by atoms with Crippen LogP contribution in [0.4, 0.5) is 0 Å². The molecule has 0 aromatic carbocycles. The fourth-order valence-corrected chi connectivity index (χ4v) is 2.93. The van der Waals surface area contributed by atoms with Crippen molar-refractivity contribution in [3.8, 4) is 0 Å². The molecule has 0 saturated heterocycles. The van der Waals surface area contributed by atoms with E-state index in [0.29, 0.717) is 12.1 Å². The number of methoxy groups -OCH3 is 1. The van der Waals surface area contributed by atoms with Gasteiger partial charge in [0.15, 0.2) is 0 Å². The van der Waals surface area contributed by atoms with Gasteiger partial charge in [-0.15, -0.1) is 0 Å². The van der Waals surface area contributed by atoms with Crippen molar-refractivity contribution in [2.75, 3.05) is 7.11 Å². The number of rotatable bonds is 5. The average molecular weight is 302 g/mol. The minimum atomic E-state index is 0.452. The second-order valence-electron chi connectivity index (χ2n) is 4.59. The van der Waals surface area contributed by atoms with Crippen LogP contribution in [0.1, 0.15) is 31.2 Å². The maximum absolute atomic E-state index is 5.27. The first-order valence-corrected chi connectivity index (χ1v) is 6.91. The Balaban J connectivity index is 1.89. The first-order valence-electron chi connectivity index (χ1n) is 6.12. The van der Waals surface area contributed by atoms with Crippen LogP contribution in [0.5, 0.6) is 0 Å². The molecule has 1 aliphatic carbocycles. The van der Waals surface area contributed by atoms with Gasteiger partial charge in [-0.2, -0.15) is 5.10 Å². The van der Waals surface area contributed by atoms with E-state index in [1.807, 2.05) is 11.7 Å². The van der Waals surface area contributed by atoms with Crippen LogP contribution in [-0.4, -0.2) is 29.0 Å². The van der Waals surface area contributed by atoms with E-state index in [9.17, 15) is 0 Å². The van der Waals surface area contributed by atoms with Gasteiger partial charge in [-0.3, -0.25) is 4.68 Å². The van der Waals surface area contributed by atoms with E-state index >= 15 is 0 Å².